The summed E-state index contributed by atoms with van der Waals surface area (Å²) in [6.07, 6.45) is 1.03. The van der Waals surface area contributed by atoms with Crippen molar-refractivity contribution in [2.75, 3.05) is 6.16 Å². The van der Waals surface area contributed by atoms with Crippen molar-refractivity contribution in [2.45, 2.75) is 13.3 Å². The summed E-state index contributed by atoms with van der Waals surface area (Å²) in [5, 5.41) is 0. The van der Waals surface area contributed by atoms with Gasteiger partial charge in [-0.2, -0.15) is 0 Å². The Balaban J connectivity index is 2.65. The average Bonchev–Trinajstić information content (AvgIpc) is 2.01. The molecule has 0 atom stereocenters. The Morgan fingerprint density at radius 1 is 1.31 bits per heavy atom. The average molecular weight is 237 g/mol. The molecule has 0 radical (unpaired) electrons. The first kappa shape index (κ1) is 11.1. The zero-order valence-electron chi connectivity index (χ0n) is 7.34. The SMILES string of the molecule is Cc1ccccc1CCP(=O)(Cl)Cl. The summed E-state index contributed by atoms with van der Waals surface area (Å²) in [7, 11) is 0. The molecular weight excluding hydrogens is 226 g/mol. The summed E-state index contributed by atoms with van der Waals surface area (Å²) in [6, 6.07) is 7.94. The molecule has 72 valence electrons. The van der Waals surface area contributed by atoms with E-state index in [1.54, 1.807) is 0 Å². The van der Waals surface area contributed by atoms with Gasteiger partial charge in [-0.15, -0.1) is 0 Å². The summed E-state index contributed by atoms with van der Waals surface area (Å²) in [6.45, 7) is 2.02. The Morgan fingerprint density at radius 2 is 1.92 bits per heavy atom. The third kappa shape index (κ3) is 4.17. The minimum Gasteiger partial charge on any atom is -0.289 e. The van der Waals surface area contributed by atoms with Crippen molar-refractivity contribution in [2.24, 2.45) is 0 Å². The summed E-state index contributed by atoms with van der Waals surface area (Å²) >= 11 is 10.9. The molecule has 0 N–H and O–H groups in total. The van der Waals surface area contributed by atoms with Gasteiger partial charge in [-0.05, 0) is 47.0 Å². The van der Waals surface area contributed by atoms with E-state index >= 15 is 0 Å². The highest BCUT2D eigenvalue weighted by atomic mass is 35.9. The van der Waals surface area contributed by atoms with Crippen LogP contribution in [-0.2, 0) is 11.0 Å². The molecule has 1 aromatic rings. The quantitative estimate of drug-likeness (QED) is 0.719. The van der Waals surface area contributed by atoms with Crippen LogP contribution in [0, 0.1) is 6.92 Å². The van der Waals surface area contributed by atoms with Gasteiger partial charge in [0.05, 0.1) is 0 Å². The fourth-order valence-corrected chi connectivity index (χ4v) is 2.15. The second-order valence-electron chi connectivity index (χ2n) is 2.97. The van der Waals surface area contributed by atoms with Gasteiger partial charge in [0.1, 0.15) is 0 Å². The minimum absolute atomic E-state index is 0.348. The highest BCUT2D eigenvalue weighted by molar-refractivity contribution is 8.08. The Bertz CT molecular complexity index is 332. The number of aryl methyl sites for hydroxylation is 2. The van der Waals surface area contributed by atoms with E-state index in [1.807, 2.05) is 31.2 Å². The molecule has 0 spiro atoms. The molecule has 0 aliphatic carbocycles. The van der Waals surface area contributed by atoms with Crippen LogP contribution in [-0.4, -0.2) is 6.16 Å². The standard InChI is InChI=1S/C9H11Cl2OP/c1-8-4-2-3-5-9(8)6-7-13(10,11)12/h2-5H,6-7H2,1H3. The maximum Gasteiger partial charge on any atom is 0.253 e. The monoisotopic (exact) mass is 236 g/mol. The molecule has 4 heteroatoms. The highest BCUT2D eigenvalue weighted by Crippen LogP contribution is 2.56. The zero-order valence-corrected chi connectivity index (χ0v) is 9.74. The normalized spacial score (nSPS) is 11.6. The molecule has 0 bridgehead atoms. The lowest BCUT2D eigenvalue weighted by Gasteiger charge is -2.05. The summed E-state index contributed by atoms with van der Waals surface area (Å²) in [5.74, 6) is -2.91. The fourth-order valence-electron chi connectivity index (χ4n) is 1.14. The van der Waals surface area contributed by atoms with Gasteiger partial charge in [-0.1, -0.05) is 24.3 Å². The second kappa shape index (κ2) is 4.50. The molecule has 0 unspecified atom stereocenters. The second-order valence-corrected chi connectivity index (χ2v) is 8.35. The first-order valence-electron chi connectivity index (χ1n) is 4.02. The van der Waals surface area contributed by atoms with E-state index in [-0.39, 0.29) is 0 Å². The van der Waals surface area contributed by atoms with E-state index in [4.69, 9.17) is 22.5 Å². The van der Waals surface area contributed by atoms with Crippen molar-refractivity contribution < 1.29 is 4.57 Å². The van der Waals surface area contributed by atoms with E-state index in [0.717, 1.165) is 5.56 Å². The molecule has 0 aliphatic rings. The summed E-state index contributed by atoms with van der Waals surface area (Å²) in [5.41, 5.74) is 2.34. The maximum absolute atomic E-state index is 11.0. The van der Waals surface area contributed by atoms with Gasteiger partial charge in [0.15, 0.2) is 0 Å². The Labute approximate surface area is 88.0 Å². The molecule has 0 aliphatic heterocycles. The van der Waals surface area contributed by atoms with Crippen LogP contribution in [0.2, 0.25) is 0 Å². The van der Waals surface area contributed by atoms with E-state index < -0.39 is 5.85 Å². The van der Waals surface area contributed by atoms with Crippen molar-refractivity contribution in [1.29, 1.82) is 0 Å². The molecule has 0 heterocycles. The predicted molar refractivity (Wildman–Crippen MR) is 59.1 cm³/mol. The lowest BCUT2D eigenvalue weighted by Crippen LogP contribution is -1.91. The number of hydrogen-bond acceptors (Lipinski definition) is 1. The zero-order chi connectivity index (χ0) is 9.90. The predicted octanol–water partition coefficient (Wildman–Crippen LogP) is 4.21. The molecular formula is C9H11Cl2OP. The van der Waals surface area contributed by atoms with Gasteiger partial charge < -0.3 is 0 Å². The van der Waals surface area contributed by atoms with Gasteiger partial charge >= 0.3 is 0 Å². The van der Waals surface area contributed by atoms with Gasteiger partial charge in [0, 0.05) is 6.16 Å². The molecule has 0 aromatic heterocycles. The largest absolute Gasteiger partial charge is 0.289 e. The summed E-state index contributed by atoms with van der Waals surface area (Å²) in [4.78, 5) is 0. The fraction of sp³-hybridized carbons (Fsp3) is 0.333. The van der Waals surface area contributed by atoms with Crippen LogP contribution >= 0.6 is 28.3 Å². The van der Waals surface area contributed by atoms with Crippen LogP contribution in [0.25, 0.3) is 0 Å². The van der Waals surface area contributed by atoms with Crippen LogP contribution in [0.15, 0.2) is 24.3 Å². The Kier molecular flexibility index (Phi) is 3.85. The Morgan fingerprint density at radius 3 is 2.46 bits per heavy atom. The van der Waals surface area contributed by atoms with E-state index in [1.165, 1.54) is 5.56 Å². The first-order chi connectivity index (χ1) is 5.99. The van der Waals surface area contributed by atoms with Crippen molar-refractivity contribution in [3.8, 4) is 0 Å². The van der Waals surface area contributed by atoms with Crippen LogP contribution in [0.1, 0.15) is 11.1 Å². The lowest BCUT2D eigenvalue weighted by molar-refractivity contribution is 0.592. The van der Waals surface area contributed by atoms with E-state index in [0.29, 0.717) is 12.6 Å². The van der Waals surface area contributed by atoms with Crippen molar-refractivity contribution >= 4 is 28.3 Å². The van der Waals surface area contributed by atoms with Crippen molar-refractivity contribution in [3.05, 3.63) is 35.4 Å². The van der Waals surface area contributed by atoms with Crippen LogP contribution < -0.4 is 0 Å². The van der Waals surface area contributed by atoms with Gasteiger partial charge in [0.2, 0.25) is 0 Å². The topological polar surface area (TPSA) is 17.1 Å². The van der Waals surface area contributed by atoms with Gasteiger partial charge in [-0.3, -0.25) is 4.57 Å². The van der Waals surface area contributed by atoms with Gasteiger partial charge in [-0.25, -0.2) is 0 Å². The highest BCUT2D eigenvalue weighted by Gasteiger charge is 2.13. The third-order valence-corrected chi connectivity index (χ3v) is 3.66. The Hall–Kier alpha value is 0.0300. The molecule has 1 rings (SSSR count). The molecule has 0 saturated heterocycles. The molecule has 13 heavy (non-hydrogen) atoms. The third-order valence-electron chi connectivity index (χ3n) is 1.90. The molecule has 1 nitrogen and oxygen atoms in total. The number of halogens is 2. The smallest absolute Gasteiger partial charge is 0.253 e. The van der Waals surface area contributed by atoms with Crippen molar-refractivity contribution in [1.82, 2.24) is 0 Å². The first-order valence-corrected chi connectivity index (χ1v) is 7.72. The van der Waals surface area contributed by atoms with E-state index in [9.17, 15) is 4.57 Å². The van der Waals surface area contributed by atoms with Crippen LogP contribution in [0.4, 0.5) is 0 Å². The number of benzene rings is 1. The van der Waals surface area contributed by atoms with Crippen molar-refractivity contribution in [3.63, 3.8) is 0 Å². The van der Waals surface area contributed by atoms with Gasteiger partial charge in [0.25, 0.3) is 5.85 Å². The molecule has 1 aromatic carbocycles. The molecule has 0 amide bonds. The lowest BCUT2D eigenvalue weighted by atomic mass is 10.1. The molecule has 0 saturated carbocycles. The van der Waals surface area contributed by atoms with Crippen LogP contribution in [0.5, 0.6) is 0 Å². The minimum atomic E-state index is -2.91. The van der Waals surface area contributed by atoms with E-state index in [2.05, 4.69) is 0 Å². The number of hydrogen-bond donors (Lipinski definition) is 0. The maximum atomic E-state index is 11.0. The molecule has 0 fully saturated rings. The van der Waals surface area contributed by atoms with Crippen LogP contribution in [0.3, 0.4) is 0 Å². The number of rotatable bonds is 3. The summed E-state index contributed by atoms with van der Waals surface area (Å²) < 4.78 is 11.0.